The Morgan fingerprint density at radius 1 is 1.12 bits per heavy atom. The summed E-state index contributed by atoms with van der Waals surface area (Å²) in [4.78, 5) is 8.40. The molecule has 0 spiro atoms. The van der Waals surface area contributed by atoms with Gasteiger partial charge in [-0.1, -0.05) is 41.4 Å². The van der Waals surface area contributed by atoms with Crippen molar-refractivity contribution in [2.45, 2.75) is 24.7 Å². The van der Waals surface area contributed by atoms with Gasteiger partial charge in [-0.3, -0.25) is 4.99 Å². The minimum atomic E-state index is 0.211. The lowest BCUT2D eigenvalue weighted by Crippen LogP contribution is -2.41. The second-order valence-corrected chi connectivity index (χ2v) is 7.20. The monoisotopic (exact) mass is 376 g/mol. The van der Waals surface area contributed by atoms with E-state index in [1.807, 2.05) is 24.3 Å². The summed E-state index contributed by atoms with van der Waals surface area (Å²) in [6.45, 7) is 1.66. The van der Waals surface area contributed by atoms with Crippen molar-refractivity contribution in [3.05, 3.63) is 63.9 Å². The summed E-state index contributed by atoms with van der Waals surface area (Å²) < 4.78 is 0. The van der Waals surface area contributed by atoms with Gasteiger partial charge in [-0.25, -0.2) is 4.98 Å². The molecule has 6 heteroatoms. The highest BCUT2D eigenvalue weighted by molar-refractivity contribution is 6.30. The van der Waals surface area contributed by atoms with Gasteiger partial charge < -0.3 is 10.6 Å². The molecule has 1 aromatic heterocycles. The van der Waals surface area contributed by atoms with Gasteiger partial charge in [0.15, 0.2) is 5.96 Å². The summed E-state index contributed by atoms with van der Waals surface area (Å²) >= 11 is 11.8. The highest BCUT2D eigenvalue weighted by atomic mass is 35.5. The first-order chi connectivity index (χ1) is 12.1. The second-order valence-electron chi connectivity index (χ2n) is 6.38. The van der Waals surface area contributed by atoms with Crippen molar-refractivity contribution in [3.8, 4) is 0 Å². The van der Waals surface area contributed by atoms with Crippen molar-refractivity contribution in [1.29, 1.82) is 0 Å². The molecule has 1 aromatic carbocycles. The fourth-order valence-electron chi connectivity index (χ4n) is 2.87. The minimum Gasteiger partial charge on any atom is -0.356 e. The standard InChI is InChI=1S/C19H22Cl2N4/c1-22-18(23-11-8-14-2-7-17(21)24-12-14)25-13-19(9-10-19)15-3-5-16(20)6-4-15/h2-7,12H,8-11,13H2,1H3,(H2,22,23,25). The number of rotatable bonds is 6. The van der Waals surface area contributed by atoms with Gasteiger partial charge in [0.05, 0.1) is 0 Å². The number of aliphatic imine (C=N–C) groups is 1. The Balaban J connectivity index is 1.48. The molecule has 0 unspecified atom stereocenters. The summed E-state index contributed by atoms with van der Waals surface area (Å²) in [6.07, 6.45) is 5.05. The highest BCUT2D eigenvalue weighted by Crippen LogP contribution is 2.47. The predicted molar refractivity (Wildman–Crippen MR) is 105 cm³/mol. The zero-order valence-corrected chi connectivity index (χ0v) is 15.7. The molecule has 132 valence electrons. The van der Waals surface area contributed by atoms with Gasteiger partial charge >= 0.3 is 0 Å². The van der Waals surface area contributed by atoms with Crippen LogP contribution in [0.5, 0.6) is 0 Å². The first kappa shape index (κ1) is 18.0. The molecule has 4 nitrogen and oxygen atoms in total. The van der Waals surface area contributed by atoms with Crippen LogP contribution >= 0.6 is 23.2 Å². The van der Waals surface area contributed by atoms with Crippen LogP contribution in [0.4, 0.5) is 0 Å². The number of hydrogen-bond donors (Lipinski definition) is 2. The van der Waals surface area contributed by atoms with E-state index < -0.39 is 0 Å². The number of nitrogens with zero attached hydrogens (tertiary/aromatic N) is 2. The number of halogens is 2. The number of aromatic nitrogens is 1. The Bertz CT molecular complexity index is 722. The van der Waals surface area contributed by atoms with Gasteiger partial charge in [0.25, 0.3) is 0 Å². The van der Waals surface area contributed by atoms with Crippen LogP contribution in [0.3, 0.4) is 0 Å². The number of guanidine groups is 1. The molecule has 1 saturated carbocycles. The summed E-state index contributed by atoms with van der Waals surface area (Å²) in [5, 5.41) is 8.10. The van der Waals surface area contributed by atoms with Gasteiger partial charge in [-0.15, -0.1) is 0 Å². The van der Waals surface area contributed by atoms with E-state index in [1.165, 1.54) is 18.4 Å². The fraction of sp³-hybridized carbons (Fsp3) is 0.368. The molecule has 0 radical (unpaired) electrons. The molecule has 3 rings (SSSR count). The van der Waals surface area contributed by atoms with E-state index in [9.17, 15) is 0 Å². The fourth-order valence-corrected chi connectivity index (χ4v) is 3.11. The minimum absolute atomic E-state index is 0.211. The average Bonchev–Trinajstić information content (AvgIpc) is 3.41. The molecule has 1 heterocycles. The van der Waals surface area contributed by atoms with Crippen LogP contribution in [0.2, 0.25) is 10.2 Å². The molecular formula is C19H22Cl2N4. The normalized spacial score (nSPS) is 15.7. The summed E-state index contributed by atoms with van der Waals surface area (Å²) in [5.41, 5.74) is 2.70. The van der Waals surface area contributed by atoms with Gasteiger partial charge in [0, 0.05) is 36.8 Å². The lowest BCUT2D eigenvalue weighted by molar-refractivity contribution is 0.645. The van der Waals surface area contributed by atoms with Gasteiger partial charge in [0.2, 0.25) is 0 Å². The summed E-state index contributed by atoms with van der Waals surface area (Å²) in [6, 6.07) is 12.0. The smallest absolute Gasteiger partial charge is 0.191 e. The molecule has 0 atom stereocenters. The van der Waals surface area contributed by atoms with E-state index in [4.69, 9.17) is 23.2 Å². The van der Waals surface area contributed by atoms with Crippen molar-refractivity contribution in [2.24, 2.45) is 4.99 Å². The van der Waals surface area contributed by atoms with Crippen LogP contribution in [-0.2, 0) is 11.8 Å². The molecule has 0 amide bonds. The molecule has 0 saturated heterocycles. The van der Waals surface area contributed by atoms with Crippen molar-refractivity contribution in [1.82, 2.24) is 15.6 Å². The molecule has 2 N–H and O–H groups in total. The third kappa shape index (κ3) is 4.86. The maximum Gasteiger partial charge on any atom is 0.191 e. The molecule has 0 aliphatic heterocycles. The second kappa shape index (κ2) is 8.07. The maximum atomic E-state index is 5.99. The molecule has 25 heavy (non-hydrogen) atoms. The summed E-state index contributed by atoms with van der Waals surface area (Å²) in [7, 11) is 1.79. The third-order valence-electron chi connectivity index (χ3n) is 4.62. The van der Waals surface area contributed by atoms with Crippen molar-refractivity contribution in [3.63, 3.8) is 0 Å². The molecule has 1 aliphatic carbocycles. The van der Waals surface area contributed by atoms with E-state index in [0.29, 0.717) is 5.15 Å². The Labute approximate surface area is 158 Å². The highest BCUT2D eigenvalue weighted by Gasteiger charge is 2.44. The number of pyridine rings is 1. The van der Waals surface area contributed by atoms with Crippen LogP contribution in [0, 0.1) is 0 Å². The van der Waals surface area contributed by atoms with Crippen LogP contribution in [0.15, 0.2) is 47.6 Å². The van der Waals surface area contributed by atoms with Crippen molar-refractivity contribution < 1.29 is 0 Å². The molecule has 1 fully saturated rings. The van der Waals surface area contributed by atoms with Gasteiger partial charge in [-0.2, -0.15) is 0 Å². The SMILES string of the molecule is CN=C(NCCc1ccc(Cl)nc1)NCC1(c2ccc(Cl)cc2)CC1. The Morgan fingerprint density at radius 2 is 1.88 bits per heavy atom. The Hall–Kier alpha value is -1.78. The first-order valence-corrected chi connectivity index (χ1v) is 9.18. The largest absolute Gasteiger partial charge is 0.356 e. The predicted octanol–water partition coefficient (Wildman–Crippen LogP) is 3.83. The lowest BCUT2D eigenvalue weighted by atomic mass is 9.96. The molecular weight excluding hydrogens is 355 g/mol. The Morgan fingerprint density at radius 3 is 2.48 bits per heavy atom. The average molecular weight is 377 g/mol. The van der Waals surface area contributed by atoms with Crippen molar-refractivity contribution in [2.75, 3.05) is 20.1 Å². The summed E-state index contributed by atoms with van der Waals surface area (Å²) in [5.74, 6) is 0.821. The lowest BCUT2D eigenvalue weighted by Gasteiger charge is -2.19. The van der Waals surface area contributed by atoms with Crippen LogP contribution < -0.4 is 10.6 Å². The zero-order chi connectivity index (χ0) is 17.7. The maximum absolute atomic E-state index is 5.99. The van der Waals surface area contributed by atoms with Crippen LogP contribution in [0.1, 0.15) is 24.0 Å². The Kier molecular flexibility index (Phi) is 5.82. The van der Waals surface area contributed by atoms with Crippen molar-refractivity contribution >= 4 is 29.2 Å². The van der Waals surface area contributed by atoms with Gasteiger partial charge in [0.1, 0.15) is 5.15 Å². The zero-order valence-electron chi connectivity index (χ0n) is 14.2. The van der Waals surface area contributed by atoms with E-state index >= 15 is 0 Å². The quantitative estimate of drug-likeness (QED) is 0.457. The molecule has 1 aliphatic rings. The van der Waals surface area contributed by atoms with Gasteiger partial charge in [-0.05, 0) is 48.6 Å². The first-order valence-electron chi connectivity index (χ1n) is 8.42. The topological polar surface area (TPSA) is 49.3 Å². The number of nitrogens with one attached hydrogen (secondary N) is 2. The van der Waals surface area contributed by atoms with Crippen LogP contribution in [0.25, 0.3) is 0 Å². The van der Waals surface area contributed by atoms with Crippen LogP contribution in [-0.4, -0.2) is 31.1 Å². The molecule has 0 bridgehead atoms. The van der Waals surface area contributed by atoms with E-state index in [1.54, 1.807) is 13.2 Å². The number of benzene rings is 1. The van der Waals surface area contributed by atoms with E-state index in [2.05, 4.69) is 32.7 Å². The molecule has 2 aromatic rings. The number of hydrogen-bond acceptors (Lipinski definition) is 2. The van der Waals surface area contributed by atoms with E-state index in [0.717, 1.165) is 36.1 Å². The van der Waals surface area contributed by atoms with E-state index in [-0.39, 0.29) is 5.41 Å². The third-order valence-corrected chi connectivity index (χ3v) is 5.10.